The molecule has 0 heterocycles. The third-order valence-corrected chi connectivity index (χ3v) is 2.85. The fraction of sp³-hybridized carbons (Fsp3) is 0.111. The monoisotopic (exact) mass is 232 g/mol. The highest BCUT2D eigenvalue weighted by atomic mass is 35.5. The molecule has 0 aliphatic heterocycles. The maximum Gasteiger partial charge on any atom is 0.294 e. The molecule has 1 aromatic rings. The zero-order chi connectivity index (χ0) is 10.9. The quantitative estimate of drug-likeness (QED) is 0.797. The molecule has 0 saturated heterocycles. The Bertz CT molecular complexity index is 477. The molecule has 0 amide bonds. The van der Waals surface area contributed by atoms with Gasteiger partial charge in [0.2, 0.25) is 0 Å². The molecule has 1 rings (SSSR count). The van der Waals surface area contributed by atoms with E-state index in [9.17, 15) is 8.42 Å². The fourth-order valence-corrected chi connectivity index (χ4v) is 1.76. The van der Waals surface area contributed by atoms with Crippen LogP contribution in [-0.2, 0) is 10.1 Å². The van der Waals surface area contributed by atoms with Gasteiger partial charge >= 0.3 is 0 Å². The van der Waals surface area contributed by atoms with Crippen molar-refractivity contribution in [1.29, 1.82) is 0 Å². The van der Waals surface area contributed by atoms with Gasteiger partial charge in [-0.1, -0.05) is 24.2 Å². The van der Waals surface area contributed by atoms with E-state index in [1.54, 1.807) is 13.0 Å². The summed E-state index contributed by atoms with van der Waals surface area (Å²) in [5, 5.41) is 0.244. The van der Waals surface area contributed by atoms with E-state index in [4.69, 9.17) is 16.2 Å². The van der Waals surface area contributed by atoms with E-state index in [0.717, 1.165) is 5.56 Å². The zero-order valence-corrected chi connectivity index (χ0v) is 9.06. The maximum atomic E-state index is 10.8. The summed E-state index contributed by atoms with van der Waals surface area (Å²) in [4.78, 5) is -0.181. The van der Waals surface area contributed by atoms with Crippen molar-refractivity contribution in [2.45, 2.75) is 11.8 Å². The van der Waals surface area contributed by atoms with Crippen LogP contribution in [0.4, 0.5) is 0 Å². The minimum atomic E-state index is -4.18. The standard InChI is InChI=1S/C9H9ClO3S/c1-6-3-4-8(14(11,12)13)5-9(6)7(2)10/h3-5H,2H2,1H3,(H,11,12,13). The number of hydrogen-bond acceptors (Lipinski definition) is 2. The van der Waals surface area contributed by atoms with Crippen molar-refractivity contribution in [3.8, 4) is 0 Å². The van der Waals surface area contributed by atoms with E-state index in [1.165, 1.54) is 12.1 Å². The van der Waals surface area contributed by atoms with Crippen LogP contribution < -0.4 is 0 Å². The Labute approximate surface area is 87.8 Å². The van der Waals surface area contributed by atoms with E-state index in [1.807, 2.05) is 0 Å². The summed E-state index contributed by atoms with van der Waals surface area (Å²) in [7, 11) is -4.18. The van der Waals surface area contributed by atoms with Gasteiger partial charge in [-0.25, -0.2) is 0 Å². The first-order chi connectivity index (χ1) is 6.32. The average Bonchev–Trinajstić information content (AvgIpc) is 2.02. The van der Waals surface area contributed by atoms with Gasteiger partial charge < -0.3 is 0 Å². The second kappa shape index (κ2) is 3.73. The first-order valence-electron chi connectivity index (χ1n) is 3.75. The topological polar surface area (TPSA) is 54.4 Å². The fourth-order valence-electron chi connectivity index (χ4n) is 1.05. The summed E-state index contributed by atoms with van der Waals surface area (Å²) in [6.07, 6.45) is 0. The number of benzene rings is 1. The number of halogens is 1. The lowest BCUT2D eigenvalue weighted by atomic mass is 10.1. The molecule has 3 nitrogen and oxygen atoms in total. The van der Waals surface area contributed by atoms with E-state index in [0.29, 0.717) is 5.56 Å². The highest BCUT2D eigenvalue weighted by molar-refractivity contribution is 7.85. The normalized spacial score (nSPS) is 11.4. The maximum absolute atomic E-state index is 10.8. The summed E-state index contributed by atoms with van der Waals surface area (Å²) in [5.41, 5.74) is 1.32. The van der Waals surface area contributed by atoms with Gasteiger partial charge in [0.05, 0.1) is 4.90 Å². The molecule has 0 unspecified atom stereocenters. The third-order valence-electron chi connectivity index (χ3n) is 1.80. The molecular formula is C9H9ClO3S. The number of rotatable bonds is 2. The lowest BCUT2D eigenvalue weighted by molar-refractivity contribution is 0.483. The van der Waals surface area contributed by atoms with Gasteiger partial charge in [-0.15, -0.1) is 0 Å². The van der Waals surface area contributed by atoms with Crippen molar-refractivity contribution < 1.29 is 13.0 Å². The van der Waals surface area contributed by atoms with Gasteiger partial charge in [-0.3, -0.25) is 4.55 Å². The smallest absolute Gasteiger partial charge is 0.282 e. The van der Waals surface area contributed by atoms with Crippen molar-refractivity contribution in [1.82, 2.24) is 0 Å². The number of aryl methyl sites for hydroxylation is 1. The van der Waals surface area contributed by atoms with Crippen LogP contribution in [0.3, 0.4) is 0 Å². The molecule has 76 valence electrons. The van der Waals surface area contributed by atoms with Crippen LogP contribution in [0.2, 0.25) is 0 Å². The molecular weight excluding hydrogens is 224 g/mol. The van der Waals surface area contributed by atoms with Crippen molar-refractivity contribution in [2.24, 2.45) is 0 Å². The predicted octanol–water partition coefficient (Wildman–Crippen LogP) is 2.45. The Kier molecular flexibility index (Phi) is 2.99. The van der Waals surface area contributed by atoms with Crippen LogP contribution in [-0.4, -0.2) is 13.0 Å². The average molecular weight is 233 g/mol. The first-order valence-corrected chi connectivity index (χ1v) is 5.57. The molecule has 1 aromatic carbocycles. The summed E-state index contributed by atoms with van der Waals surface area (Å²) < 4.78 is 30.4. The van der Waals surface area contributed by atoms with Gasteiger partial charge in [-0.2, -0.15) is 8.42 Å². The van der Waals surface area contributed by atoms with Crippen LogP contribution in [0.1, 0.15) is 11.1 Å². The molecule has 0 atom stereocenters. The molecule has 0 saturated carbocycles. The van der Waals surface area contributed by atoms with Crippen molar-refractivity contribution in [3.05, 3.63) is 35.9 Å². The molecule has 0 bridgehead atoms. The molecule has 0 aromatic heterocycles. The molecule has 0 aliphatic rings. The van der Waals surface area contributed by atoms with E-state index in [2.05, 4.69) is 6.58 Å². The molecule has 0 aliphatic carbocycles. The van der Waals surface area contributed by atoms with Gasteiger partial charge in [0.25, 0.3) is 10.1 Å². The van der Waals surface area contributed by atoms with Crippen molar-refractivity contribution >= 4 is 26.8 Å². The molecule has 5 heteroatoms. The lowest BCUT2D eigenvalue weighted by Gasteiger charge is -2.05. The Morgan fingerprint density at radius 2 is 2.07 bits per heavy atom. The van der Waals surface area contributed by atoms with E-state index >= 15 is 0 Å². The van der Waals surface area contributed by atoms with Crippen molar-refractivity contribution in [2.75, 3.05) is 0 Å². The minimum Gasteiger partial charge on any atom is -0.282 e. The third kappa shape index (κ3) is 2.35. The molecule has 1 N–H and O–H groups in total. The predicted molar refractivity (Wildman–Crippen MR) is 55.9 cm³/mol. The molecule has 0 radical (unpaired) electrons. The summed E-state index contributed by atoms with van der Waals surface area (Å²) in [5.74, 6) is 0. The zero-order valence-electron chi connectivity index (χ0n) is 7.49. The van der Waals surface area contributed by atoms with E-state index in [-0.39, 0.29) is 9.93 Å². The van der Waals surface area contributed by atoms with Crippen molar-refractivity contribution in [3.63, 3.8) is 0 Å². The molecule has 0 fully saturated rings. The first kappa shape index (κ1) is 11.2. The Morgan fingerprint density at radius 1 is 1.50 bits per heavy atom. The van der Waals surface area contributed by atoms with Crippen LogP contribution >= 0.6 is 11.6 Å². The SMILES string of the molecule is C=C(Cl)c1cc(S(=O)(=O)O)ccc1C. The second-order valence-electron chi connectivity index (χ2n) is 2.86. The number of hydrogen-bond donors (Lipinski definition) is 1. The van der Waals surface area contributed by atoms with Crippen LogP contribution in [0.15, 0.2) is 29.7 Å². The van der Waals surface area contributed by atoms with Crippen LogP contribution in [0.5, 0.6) is 0 Å². The Morgan fingerprint density at radius 3 is 2.50 bits per heavy atom. The molecule has 14 heavy (non-hydrogen) atoms. The summed E-state index contributed by atoms with van der Waals surface area (Å²) >= 11 is 5.66. The Hall–Kier alpha value is -0.840. The molecule has 0 spiro atoms. The Balaban J connectivity index is 3.42. The summed E-state index contributed by atoms with van der Waals surface area (Å²) in [6.45, 7) is 5.27. The van der Waals surface area contributed by atoms with Gasteiger partial charge in [0.1, 0.15) is 0 Å². The van der Waals surface area contributed by atoms with Gasteiger partial charge in [0, 0.05) is 5.03 Å². The second-order valence-corrected chi connectivity index (χ2v) is 4.73. The largest absolute Gasteiger partial charge is 0.294 e. The van der Waals surface area contributed by atoms with E-state index < -0.39 is 10.1 Å². The highest BCUT2D eigenvalue weighted by Crippen LogP contribution is 2.23. The van der Waals surface area contributed by atoms with Gasteiger partial charge in [0.15, 0.2) is 0 Å². The lowest BCUT2D eigenvalue weighted by Crippen LogP contribution is -1.99. The van der Waals surface area contributed by atoms with Crippen LogP contribution in [0, 0.1) is 6.92 Å². The minimum absolute atomic E-state index is 0.181. The van der Waals surface area contributed by atoms with Crippen LogP contribution in [0.25, 0.3) is 5.03 Å². The highest BCUT2D eigenvalue weighted by Gasteiger charge is 2.11. The summed E-state index contributed by atoms with van der Waals surface area (Å²) in [6, 6.07) is 4.17. The van der Waals surface area contributed by atoms with Gasteiger partial charge in [-0.05, 0) is 30.2 Å².